The zero-order valence-corrected chi connectivity index (χ0v) is 9.92. The molecule has 92 valence electrons. The lowest BCUT2D eigenvalue weighted by molar-refractivity contribution is -0.116. The molecule has 0 aliphatic rings. The normalized spacial score (nSPS) is 10.7. The average molecular weight is 243 g/mol. The minimum absolute atomic E-state index is 0.192. The fraction of sp³-hybridized carbons (Fsp3) is 0.167. The molecule has 1 aromatic carbocycles. The molecule has 0 saturated carbocycles. The van der Waals surface area contributed by atoms with Gasteiger partial charge >= 0.3 is 0 Å². The van der Waals surface area contributed by atoms with Crippen LogP contribution in [0.25, 0.3) is 6.08 Å². The van der Waals surface area contributed by atoms with Gasteiger partial charge in [-0.1, -0.05) is 29.5 Å². The fourth-order valence-electron chi connectivity index (χ4n) is 1.42. The maximum Gasteiger partial charge on any atom is 0.244 e. The standard InChI is InChI=1S/C12H13N5O/c1-9-4-2-3-5-10(9)6-7-12(18)13-8-11-14-16-17-15-11/h2-7H,8H2,1H3,(H,13,18)(H,14,15,16,17). The molecule has 0 unspecified atom stereocenters. The van der Waals surface area contributed by atoms with Crippen LogP contribution in [0, 0.1) is 6.92 Å². The molecule has 2 rings (SSSR count). The zero-order valence-electron chi connectivity index (χ0n) is 9.92. The van der Waals surface area contributed by atoms with Crippen LogP contribution in [0.4, 0.5) is 0 Å². The molecule has 18 heavy (non-hydrogen) atoms. The van der Waals surface area contributed by atoms with E-state index in [0.717, 1.165) is 11.1 Å². The van der Waals surface area contributed by atoms with Crippen LogP contribution in [0.3, 0.4) is 0 Å². The van der Waals surface area contributed by atoms with E-state index in [1.165, 1.54) is 6.08 Å². The van der Waals surface area contributed by atoms with Crippen molar-refractivity contribution in [3.63, 3.8) is 0 Å². The summed E-state index contributed by atoms with van der Waals surface area (Å²) in [6.45, 7) is 2.25. The maximum atomic E-state index is 11.5. The molecule has 0 aliphatic heterocycles. The quantitative estimate of drug-likeness (QED) is 0.779. The lowest BCUT2D eigenvalue weighted by Crippen LogP contribution is -2.21. The van der Waals surface area contributed by atoms with Gasteiger partial charge in [0.25, 0.3) is 0 Å². The highest BCUT2D eigenvalue weighted by Crippen LogP contribution is 2.08. The molecule has 1 heterocycles. The Morgan fingerprint density at radius 1 is 1.44 bits per heavy atom. The number of rotatable bonds is 4. The van der Waals surface area contributed by atoms with Crippen molar-refractivity contribution >= 4 is 12.0 Å². The lowest BCUT2D eigenvalue weighted by Gasteiger charge is -1.99. The molecule has 0 bridgehead atoms. The van der Waals surface area contributed by atoms with E-state index in [4.69, 9.17) is 0 Å². The minimum Gasteiger partial charge on any atom is -0.345 e. The smallest absolute Gasteiger partial charge is 0.244 e. The van der Waals surface area contributed by atoms with E-state index in [9.17, 15) is 4.79 Å². The van der Waals surface area contributed by atoms with E-state index < -0.39 is 0 Å². The maximum absolute atomic E-state index is 11.5. The van der Waals surface area contributed by atoms with Crippen molar-refractivity contribution in [3.05, 3.63) is 47.3 Å². The first-order chi connectivity index (χ1) is 8.75. The Balaban J connectivity index is 1.89. The summed E-state index contributed by atoms with van der Waals surface area (Å²) in [5, 5.41) is 15.9. The van der Waals surface area contributed by atoms with Gasteiger partial charge < -0.3 is 5.32 Å². The van der Waals surface area contributed by atoms with E-state index in [0.29, 0.717) is 5.82 Å². The second kappa shape index (κ2) is 5.72. The second-order valence-corrected chi connectivity index (χ2v) is 3.74. The molecular formula is C12H13N5O. The van der Waals surface area contributed by atoms with Crippen LogP contribution in [0.15, 0.2) is 30.3 Å². The molecule has 2 N–H and O–H groups in total. The molecule has 2 aromatic rings. The van der Waals surface area contributed by atoms with Crippen molar-refractivity contribution in [2.45, 2.75) is 13.5 Å². The molecule has 0 spiro atoms. The number of benzene rings is 1. The number of nitrogens with zero attached hydrogens (tertiary/aromatic N) is 3. The van der Waals surface area contributed by atoms with Gasteiger partial charge in [-0.3, -0.25) is 4.79 Å². The number of aryl methyl sites for hydroxylation is 1. The third kappa shape index (κ3) is 3.24. The van der Waals surface area contributed by atoms with Gasteiger partial charge in [-0.2, -0.15) is 5.21 Å². The van der Waals surface area contributed by atoms with Crippen molar-refractivity contribution in [2.75, 3.05) is 0 Å². The summed E-state index contributed by atoms with van der Waals surface area (Å²) in [6.07, 6.45) is 3.27. The fourth-order valence-corrected chi connectivity index (χ4v) is 1.42. The summed E-state index contributed by atoms with van der Waals surface area (Å²) in [7, 11) is 0. The first-order valence-electron chi connectivity index (χ1n) is 5.49. The van der Waals surface area contributed by atoms with Gasteiger partial charge in [0.2, 0.25) is 5.91 Å². The average Bonchev–Trinajstić information content (AvgIpc) is 2.88. The zero-order chi connectivity index (χ0) is 12.8. The Hall–Kier alpha value is -2.50. The molecule has 6 nitrogen and oxygen atoms in total. The number of carbonyl (C=O) groups excluding carboxylic acids is 1. The molecule has 0 aliphatic carbocycles. The SMILES string of the molecule is Cc1ccccc1C=CC(=O)NCc1nn[nH]n1. The number of carbonyl (C=O) groups is 1. The van der Waals surface area contributed by atoms with Crippen molar-refractivity contribution < 1.29 is 4.79 Å². The van der Waals surface area contributed by atoms with Crippen molar-refractivity contribution in [1.82, 2.24) is 25.9 Å². The molecule has 0 atom stereocenters. The lowest BCUT2D eigenvalue weighted by atomic mass is 10.1. The predicted octanol–water partition coefficient (Wildman–Crippen LogP) is 0.838. The molecule has 0 saturated heterocycles. The highest BCUT2D eigenvalue weighted by atomic mass is 16.1. The van der Waals surface area contributed by atoms with Gasteiger partial charge in [0.1, 0.15) is 0 Å². The van der Waals surface area contributed by atoms with Gasteiger partial charge in [0, 0.05) is 6.08 Å². The number of H-pyrrole nitrogens is 1. The predicted molar refractivity (Wildman–Crippen MR) is 66.2 cm³/mol. The largest absolute Gasteiger partial charge is 0.345 e. The van der Waals surface area contributed by atoms with Gasteiger partial charge in [0.15, 0.2) is 5.82 Å². The molecule has 1 amide bonds. The van der Waals surface area contributed by atoms with E-state index in [-0.39, 0.29) is 12.5 Å². The van der Waals surface area contributed by atoms with Crippen LogP contribution < -0.4 is 5.32 Å². The Morgan fingerprint density at radius 3 is 3.00 bits per heavy atom. The molecule has 1 aromatic heterocycles. The van der Waals surface area contributed by atoms with Crippen LogP contribution in [-0.2, 0) is 11.3 Å². The first kappa shape index (κ1) is 12.0. The van der Waals surface area contributed by atoms with Gasteiger partial charge in [-0.25, -0.2) is 0 Å². The van der Waals surface area contributed by atoms with Crippen molar-refractivity contribution in [3.8, 4) is 0 Å². The number of amides is 1. The van der Waals surface area contributed by atoms with Crippen molar-refractivity contribution in [2.24, 2.45) is 0 Å². The monoisotopic (exact) mass is 243 g/mol. The Labute approximate surface area is 104 Å². The summed E-state index contributed by atoms with van der Waals surface area (Å²) in [4.78, 5) is 11.5. The Bertz CT molecular complexity index is 547. The number of nitrogens with one attached hydrogen (secondary N) is 2. The van der Waals surface area contributed by atoms with E-state index >= 15 is 0 Å². The molecular weight excluding hydrogens is 230 g/mol. The third-order valence-electron chi connectivity index (χ3n) is 2.41. The van der Waals surface area contributed by atoms with Crippen LogP contribution in [0.1, 0.15) is 17.0 Å². The molecule has 0 radical (unpaired) electrons. The molecule has 0 fully saturated rings. The summed E-state index contributed by atoms with van der Waals surface area (Å²) < 4.78 is 0. The topological polar surface area (TPSA) is 83.6 Å². The third-order valence-corrected chi connectivity index (χ3v) is 2.41. The van der Waals surface area contributed by atoms with E-state index in [2.05, 4.69) is 25.9 Å². The van der Waals surface area contributed by atoms with Crippen molar-refractivity contribution in [1.29, 1.82) is 0 Å². The summed E-state index contributed by atoms with van der Waals surface area (Å²) in [5.41, 5.74) is 2.15. The first-order valence-corrected chi connectivity index (χ1v) is 5.49. The highest BCUT2D eigenvalue weighted by Gasteiger charge is 2.00. The van der Waals surface area contributed by atoms with Crippen LogP contribution in [-0.4, -0.2) is 26.5 Å². The summed E-state index contributed by atoms with van der Waals surface area (Å²) >= 11 is 0. The number of hydrogen-bond acceptors (Lipinski definition) is 4. The van der Waals surface area contributed by atoms with E-state index in [1.54, 1.807) is 6.08 Å². The van der Waals surface area contributed by atoms with Crippen LogP contribution >= 0.6 is 0 Å². The number of tetrazole rings is 1. The summed E-state index contributed by atoms with van der Waals surface area (Å²) in [5.74, 6) is 0.260. The van der Waals surface area contributed by atoms with Crippen LogP contribution in [0.2, 0.25) is 0 Å². The van der Waals surface area contributed by atoms with Gasteiger partial charge in [-0.15, -0.1) is 10.2 Å². The van der Waals surface area contributed by atoms with Gasteiger partial charge in [-0.05, 0) is 24.1 Å². The van der Waals surface area contributed by atoms with E-state index in [1.807, 2.05) is 31.2 Å². The highest BCUT2D eigenvalue weighted by molar-refractivity contribution is 5.91. The Kier molecular flexibility index (Phi) is 3.80. The second-order valence-electron chi connectivity index (χ2n) is 3.74. The van der Waals surface area contributed by atoms with Crippen LogP contribution in [0.5, 0.6) is 0 Å². The minimum atomic E-state index is -0.192. The molecule has 6 heteroatoms. The Morgan fingerprint density at radius 2 is 2.28 bits per heavy atom. The number of aromatic amines is 1. The van der Waals surface area contributed by atoms with Gasteiger partial charge in [0.05, 0.1) is 6.54 Å². The number of hydrogen-bond donors (Lipinski definition) is 2. The summed E-state index contributed by atoms with van der Waals surface area (Å²) in [6, 6.07) is 7.85. The number of aromatic nitrogens is 4.